The van der Waals surface area contributed by atoms with Crippen LogP contribution in [-0.2, 0) is 6.61 Å². The minimum absolute atomic E-state index is 0.0328. The monoisotopic (exact) mass is 440 g/mol. The average Bonchev–Trinajstić information content (AvgIpc) is 2.84. The summed E-state index contributed by atoms with van der Waals surface area (Å²) in [6, 6.07) is 32.7. The lowest BCUT2D eigenvalue weighted by atomic mass is 10.0. The zero-order valence-corrected chi connectivity index (χ0v) is 18.0. The van der Waals surface area contributed by atoms with Crippen molar-refractivity contribution in [2.45, 2.75) is 12.8 Å². The van der Waals surface area contributed by atoms with Gasteiger partial charge in [-0.05, 0) is 48.0 Å². The molecular weight excluding hydrogens is 420 g/mol. The highest BCUT2D eigenvalue weighted by Crippen LogP contribution is 2.37. The molecule has 0 saturated carbocycles. The summed E-state index contributed by atoms with van der Waals surface area (Å²) in [5.41, 5.74) is 4.22. The molecule has 4 aromatic rings. The van der Waals surface area contributed by atoms with Gasteiger partial charge in [-0.25, -0.2) is 0 Å². The van der Waals surface area contributed by atoms with Crippen LogP contribution in [0.2, 0.25) is 5.02 Å². The molecule has 0 aromatic heterocycles. The van der Waals surface area contributed by atoms with E-state index in [1.54, 1.807) is 4.90 Å². The molecule has 0 radical (unpaired) electrons. The molecule has 1 amide bonds. The Morgan fingerprint density at radius 2 is 1.50 bits per heavy atom. The SMILES string of the molecule is O=C1c2ccccc2N[C@H](c2ccc(OCc3ccccc3Cl)cc2)N1c1ccccc1. The molecule has 0 spiro atoms. The first-order valence-corrected chi connectivity index (χ1v) is 10.8. The van der Waals surface area contributed by atoms with Crippen molar-refractivity contribution in [3.8, 4) is 5.75 Å². The van der Waals surface area contributed by atoms with E-state index in [1.165, 1.54) is 0 Å². The summed E-state index contributed by atoms with van der Waals surface area (Å²) in [5.74, 6) is 0.706. The van der Waals surface area contributed by atoms with Crippen molar-refractivity contribution in [2.24, 2.45) is 0 Å². The lowest BCUT2D eigenvalue weighted by molar-refractivity contribution is 0.0975. The molecule has 5 rings (SSSR count). The number of benzene rings is 4. The van der Waals surface area contributed by atoms with Gasteiger partial charge in [0, 0.05) is 22.0 Å². The molecule has 1 aliphatic heterocycles. The summed E-state index contributed by atoms with van der Waals surface area (Å²) in [5, 5.41) is 4.21. The largest absolute Gasteiger partial charge is 0.489 e. The third-order valence-corrected chi connectivity index (χ3v) is 5.88. The summed E-state index contributed by atoms with van der Waals surface area (Å²) >= 11 is 6.22. The Morgan fingerprint density at radius 1 is 0.812 bits per heavy atom. The molecule has 1 heterocycles. The minimum Gasteiger partial charge on any atom is -0.489 e. The second-order valence-corrected chi connectivity index (χ2v) is 7.96. The highest BCUT2D eigenvalue weighted by Gasteiger charge is 2.33. The van der Waals surface area contributed by atoms with Gasteiger partial charge in [0.25, 0.3) is 5.91 Å². The zero-order chi connectivity index (χ0) is 21.9. The number of halogens is 1. The number of hydrogen-bond donors (Lipinski definition) is 1. The van der Waals surface area contributed by atoms with Gasteiger partial charge in [-0.3, -0.25) is 9.69 Å². The number of anilines is 2. The molecule has 4 aromatic carbocycles. The lowest BCUT2D eigenvalue weighted by Crippen LogP contribution is -2.43. The third-order valence-electron chi connectivity index (χ3n) is 5.51. The van der Waals surface area contributed by atoms with E-state index in [4.69, 9.17) is 16.3 Å². The Kier molecular flexibility index (Phi) is 5.53. The van der Waals surface area contributed by atoms with E-state index in [0.717, 1.165) is 28.3 Å². The van der Waals surface area contributed by atoms with E-state index >= 15 is 0 Å². The molecule has 0 saturated heterocycles. The van der Waals surface area contributed by atoms with Gasteiger partial charge in [0.2, 0.25) is 0 Å². The minimum atomic E-state index is -0.336. The summed E-state index contributed by atoms with van der Waals surface area (Å²) in [7, 11) is 0. The Bertz CT molecular complexity index is 1240. The van der Waals surface area contributed by atoms with Gasteiger partial charge in [0.1, 0.15) is 18.5 Å². The number of amides is 1. The predicted octanol–water partition coefficient (Wildman–Crippen LogP) is 6.69. The Labute approximate surface area is 192 Å². The van der Waals surface area contributed by atoms with E-state index in [9.17, 15) is 4.79 Å². The van der Waals surface area contributed by atoms with Crippen molar-refractivity contribution in [2.75, 3.05) is 10.2 Å². The summed E-state index contributed by atoms with van der Waals surface area (Å²) in [6.07, 6.45) is -0.336. The van der Waals surface area contributed by atoms with E-state index in [2.05, 4.69) is 5.32 Å². The molecule has 5 heteroatoms. The smallest absolute Gasteiger partial charge is 0.262 e. The van der Waals surface area contributed by atoms with Crippen LogP contribution in [0.1, 0.15) is 27.7 Å². The molecule has 4 nitrogen and oxygen atoms in total. The van der Waals surface area contributed by atoms with Gasteiger partial charge < -0.3 is 10.1 Å². The van der Waals surface area contributed by atoms with Gasteiger partial charge >= 0.3 is 0 Å². The normalized spacial score (nSPS) is 15.1. The molecule has 1 atom stereocenters. The fraction of sp³-hybridized carbons (Fsp3) is 0.0741. The Hall–Kier alpha value is -3.76. The quantitative estimate of drug-likeness (QED) is 0.376. The highest BCUT2D eigenvalue weighted by molar-refractivity contribution is 6.31. The second kappa shape index (κ2) is 8.77. The molecule has 1 aliphatic rings. The maximum Gasteiger partial charge on any atom is 0.262 e. The maximum atomic E-state index is 13.4. The highest BCUT2D eigenvalue weighted by atomic mass is 35.5. The number of hydrogen-bond acceptors (Lipinski definition) is 3. The molecule has 1 N–H and O–H groups in total. The summed E-state index contributed by atoms with van der Waals surface area (Å²) < 4.78 is 5.92. The first-order valence-electron chi connectivity index (χ1n) is 10.4. The van der Waals surface area contributed by atoms with Crippen LogP contribution in [-0.4, -0.2) is 5.91 Å². The number of carbonyl (C=O) groups is 1. The summed E-state index contributed by atoms with van der Waals surface area (Å²) in [4.78, 5) is 15.2. The lowest BCUT2D eigenvalue weighted by Gasteiger charge is -2.38. The summed E-state index contributed by atoms with van der Waals surface area (Å²) in [6.45, 7) is 0.392. The number of nitrogens with one attached hydrogen (secondary N) is 1. The number of carbonyl (C=O) groups excluding carboxylic acids is 1. The first-order chi connectivity index (χ1) is 15.7. The van der Waals surface area contributed by atoms with Crippen LogP contribution >= 0.6 is 11.6 Å². The van der Waals surface area contributed by atoms with Crippen molar-refractivity contribution >= 4 is 28.9 Å². The number of fused-ring (bicyclic) bond motifs is 1. The van der Waals surface area contributed by atoms with Crippen molar-refractivity contribution in [3.63, 3.8) is 0 Å². The third kappa shape index (κ3) is 3.93. The van der Waals surface area contributed by atoms with Crippen LogP contribution in [0.3, 0.4) is 0 Å². The topological polar surface area (TPSA) is 41.6 Å². The van der Waals surface area contributed by atoms with Crippen LogP contribution in [0.5, 0.6) is 5.75 Å². The predicted molar refractivity (Wildman–Crippen MR) is 128 cm³/mol. The van der Waals surface area contributed by atoms with Crippen molar-refractivity contribution in [1.29, 1.82) is 0 Å². The molecule has 0 aliphatic carbocycles. The number of para-hydroxylation sites is 2. The number of ether oxygens (including phenoxy) is 1. The van der Waals surface area contributed by atoms with Crippen molar-refractivity contribution in [1.82, 2.24) is 0 Å². The fourth-order valence-electron chi connectivity index (χ4n) is 3.86. The van der Waals surface area contributed by atoms with E-state index < -0.39 is 0 Å². The molecule has 158 valence electrons. The maximum absolute atomic E-state index is 13.4. The van der Waals surface area contributed by atoms with Gasteiger partial charge in [-0.15, -0.1) is 0 Å². The molecular formula is C27H21ClN2O2. The average molecular weight is 441 g/mol. The number of rotatable bonds is 5. The second-order valence-electron chi connectivity index (χ2n) is 7.55. The van der Waals surface area contributed by atoms with Crippen LogP contribution in [0, 0.1) is 0 Å². The molecule has 0 bridgehead atoms. The Balaban J connectivity index is 1.43. The van der Waals surface area contributed by atoms with Crippen LogP contribution in [0.15, 0.2) is 103 Å². The van der Waals surface area contributed by atoms with Gasteiger partial charge in [0.15, 0.2) is 0 Å². The number of nitrogens with zero attached hydrogens (tertiary/aromatic N) is 1. The molecule has 32 heavy (non-hydrogen) atoms. The van der Waals surface area contributed by atoms with Gasteiger partial charge in [0.05, 0.1) is 5.56 Å². The van der Waals surface area contributed by atoms with Crippen LogP contribution in [0.4, 0.5) is 11.4 Å². The standard InChI is InChI=1S/C27H21ClN2O2/c28-24-12-6-4-8-20(24)18-32-22-16-14-19(15-17-22)26-29-25-13-7-5-11-23(25)27(31)30(26)21-9-2-1-3-10-21/h1-17,26,29H,18H2/t26-/m0/s1. The van der Waals surface area contributed by atoms with Gasteiger partial charge in [-0.1, -0.05) is 72.3 Å². The van der Waals surface area contributed by atoms with Crippen LogP contribution < -0.4 is 15.0 Å². The van der Waals surface area contributed by atoms with Gasteiger partial charge in [-0.2, -0.15) is 0 Å². The van der Waals surface area contributed by atoms with Crippen molar-refractivity contribution < 1.29 is 9.53 Å². The first kappa shape index (κ1) is 20.2. The fourth-order valence-corrected chi connectivity index (χ4v) is 4.05. The molecule has 0 fully saturated rings. The van der Waals surface area contributed by atoms with E-state index in [1.807, 2.05) is 103 Å². The van der Waals surface area contributed by atoms with Crippen molar-refractivity contribution in [3.05, 3.63) is 125 Å². The van der Waals surface area contributed by atoms with Crippen LogP contribution in [0.25, 0.3) is 0 Å². The zero-order valence-electron chi connectivity index (χ0n) is 17.2. The molecule has 0 unspecified atom stereocenters. The Morgan fingerprint density at radius 3 is 2.28 bits per heavy atom. The van der Waals surface area contributed by atoms with E-state index in [-0.39, 0.29) is 12.1 Å². The van der Waals surface area contributed by atoms with E-state index in [0.29, 0.717) is 17.2 Å².